The largest absolute Gasteiger partial charge is 0.513 e. The molecule has 1 atom stereocenters. The topological polar surface area (TPSA) is 37.3 Å². The van der Waals surface area contributed by atoms with Crippen molar-refractivity contribution >= 4 is 5.78 Å². The average molecular weight is 126 g/mol. The first kappa shape index (κ1) is 6.33. The molecule has 1 rings (SSSR count). The molecule has 1 aliphatic rings. The molecule has 0 amide bonds. The van der Waals surface area contributed by atoms with Crippen LogP contribution < -0.4 is 0 Å². The fourth-order valence-corrected chi connectivity index (χ4v) is 0.930. The van der Waals surface area contributed by atoms with Crippen molar-refractivity contribution in [2.75, 3.05) is 0 Å². The lowest BCUT2D eigenvalue weighted by atomic mass is 9.94. The minimum absolute atomic E-state index is 0.0231. The zero-order valence-corrected chi connectivity index (χ0v) is 5.42. The average Bonchev–Trinajstić information content (AvgIpc) is 1.80. The maximum Gasteiger partial charge on any atom is 0.140 e. The molecule has 0 aromatic heterocycles. The number of carbonyl (C=O) groups is 1. The third-order valence-corrected chi connectivity index (χ3v) is 1.60. The highest BCUT2D eigenvalue weighted by Gasteiger charge is 2.17. The summed E-state index contributed by atoms with van der Waals surface area (Å²) >= 11 is 0. The standard InChI is InChI=1S/C7H10O2/c1-5-4-6(8)2-3-7(5)9/h2,5,8H,3-4H2,1H3. The Morgan fingerprint density at radius 3 is 2.89 bits per heavy atom. The molecule has 9 heavy (non-hydrogen) atoms. The third-order valence-electron chi connectivity index (χ3n) is 1.60. The van der Waals surface area contributed by atoms with Crippen LogP contribution in [0.4, 0.5) is 0 Å². The van der Waals surface area contributed by atoms with Crippen molar-refractivity contribution in [1.29, 1.82) is 0 Å². The highest BCUT2D eigenvalue weighted by Crippen LogP contribution is 2.17. The number of allylic oxidation sites excluding steroid dienone is 2. The van der Waals surface area contributed by atoms with Gasteiger partial charge in [0.1, 0.15) is 5.78 Å². The van der Waals surface area contributed by atoms with Gasteiger partial charge in [-0.25, -0.2) is 0 Å². The summed E-state index contributed by atoms with van der Waals surface area (Å²) in [5, 5.41) is 8.91. The van der Waals surface area contributed by atoms with E-state index in [1.165, 1.54) is 0 Å². The van der Waals surface area contributed by atoms with Crippen LogP contribution >= 0.6 is 0 Å². The van der Waals surface area contributed by atoms with Crippen LogP contribution in [0.15, 0.2) is 11.8 Å². The van der Waals surface area contributed by atoms with Gasteiger partial charge in [-0.3, -0.25) is 4.79 Å². The van der Waals surface area contributed by atoms with Gasteiger partial charge in [-0.2, -0.15) is 0 Å². The zero-order chi connectivity index (χ0) is 6.85. The summed E-state index contributed by atoms with van der Waals surface area (Å²) in [6, 6.07) is 0. The van der Waals surface area contributed by atoms with Crippen LogP contribution in [0.25, 0.3) is 0 Å². The Labute approximate surface area is 54.2 Å². The molecule has 1 aliphatic carbocycles. The molecule has 0 aliphatic heterocycles. The van der Waals surface area contributed by atoms with E-state index >= 15 is 0 Å². The van der Waals surface area contributed by atoms with E-state index in [9.17, 15) is 4.79 Å². The van der Waals surface area contributed by atoms with E-state index in [0.29, 0.717) is 18.6 Å². The van der Waals surface area contributed by atoms with Crippen molar-refractivity contribution < 1.29 is 9.90 Å². The molecule has 0 saturated carbocycles. The molecule has 50 valence electrons. The van der Waals surface area contributed by atoms with Crippen molar-refractivity contribution in [3.05, 3.63) is 11.8 Å². The number of ketones is 1. The van der Waals surface area contributed by atoms with Gasteiger partial charge in [-0.1, -0.05) is 6.92 Å². The van der Waals surface area contributed by atoms with Crippen LogP contribution in [0.2, 0.25) is 0 Å². The Morgan fingerprint density at radius 2 is 2.44 bits per heavy atom. The van der Waals surface area contributed by atoms with E-state index in [-0.39, 0.29) is 11.7 Å². The molecule has 0 aromatic carbocycles. The van der Waals surface area contributed by atoms with Crippen molar-refractivity contribution in [3.63, 3.8) is 0 Å². The van der Waals surface area contributed by atoms with Gasteiger partial charge in [-0.15, -0.1) is 0 Å². The Bertz CT molecular complexity index is 158. The number of carbonyl (C=O) groups excluding carboxylic acids is 1. The molecular formula is C7H10O2. The maximum atomic E-state index is 10.8. The second-order valence-corrected chi connectivity index (χ2v) is 2.47. The second kappa shape index (κ2) is 2.21. The summed E-state index contributed by atoms with van der Waals surface area (Å²) in [6.45, 7) is 1.84. The lowest BCUT2D eigenvalue weighted by Gasteiger charge is -2.12. The summed E-state index contributed by atoms with van der Waals surface area (Å²) < 4.78 is 0. The Kier molecular flexibility index (Phi) is 1.56. The smallest absolute Gasteiger partial charge is 0.140 e. The molecule has 0 radical (unpaired) electrons. The minimum Gasteiger partial charge on any atom is -0.513 e. The van der Waals surface area contributed by atoms with Gasteiger partial charge in [0.2, 0.25) is 0 Å². The summed E-state index contributed by atoms with van der Waals surface area (Å²) in [7, 11) is 0. The first-order valence-electron chi connectivity index (χ1n) is 3.11. The SMILES string of the molecule is CC1CC(O)=CCC1=O. The number of aliphatic hydroxyl groups excluding tert-OH is 1. The van der Waals surface area contributed by atoms with E-state index in [1.807, 2.05) is 6.92 Å². The molecular weight excluding hydrogens is 116 g/mol. The molecule has 0 fully saturated rings. The molecule has 0 bridgehead atoms. The van der Waals surface area contributed by atoms with Gasteiger partial charge in [0.15, 0.2) is 0 Å². The molecule has 1 N–H and O–H groups in total. The van der Waals surface area contributed by atoms with Crippen molar-refractivity contribution in [3.8, 4) is 0 Å². The van der Waals surface area contributed by atoms with Crippen molar-refractivity contribution in [2.45, 2.75) is 19.8 Å². The van der Waals surface area contributed by atoms with Gasteiger partial charge in [0.05, 0.1) is 5.76 Å². The summed E-state index contributed by atoms with van der Waals surface area (Å²) in [4.78, 5) is 10.8. The van der Waals surface area contributed by atoms with E-state index in [0.717, 1.165) is 0 Å². The first-order chi connectivity index (χ1) is 4.20. The van der Waals surface area contributed by atoms with E-state index in [2.05, 4.69) is 0 Å². The number of hydrogen-bond donors (Lipinski definition) is 1. The Morgan fingerprint density at radius 1 is 1.78 bits per heavy atom. The first-order valence-corrected chi connectivity index (χ1v) is 3.11. The highest BCUT2D eigenvalue weighted by atomic mass is 16.3. The number of Topliss-reactive ketones (excluding diaryl/α,β-unsaturated/α-hetero) is 1. The molecule has 0 saturated heterocycles. The van der Waals surface area contributed by atoms with Crippen LogP contribution in [0.3, 0.4) is 0 Å². The highest BCUT2D eigenvalue weighted by molar-refractivity contribution is 5.83. The van der Waals surface area contributed by atoms with Crippen LogP contribution in [0.1, 0.15) is 19.8 Å². The van der Waals surface area contributed by atoms with Crippen LogP contribution in [0.5, 0.6) is 0 Å². The van der Waals surface area contributed by atoms with E-state index in [4.69, 9.17) is 5.11 Å². The Balaban J connectivity index is 2.65. The molecule has 1 unspecified atom stereocenters. The summed E-state index contributed by atoms with van der Waals surface area (Å²) in [5.41, 5.74) is 0. The van der Waals surface area contributed by atoms with Gasteiger partial charge in [-0.05, 0) is 6.08 Å². The number of aliphatic hydroxyl groups is 1. The molecule has 2 nitrogen and oxygen atoms in total. The molecule has 0 spiro atoms. The van der Waals surface area contributed by atoms with Crippen LogP contribution in [-0.4, -0.2) is 10.9 Å². The third kappa shape index (κ3) is 1.31. The summed E-state index contributed by atoms with van der Waals surface area (Å²) in [5.74, 6) is 0.616. The lowest BCUT2D eigenvalue weighted by molar-refractivity contribution is -0.122. The normalized spacial score (nSPS) is 27.9. The van der Waals surface area contributed by atoms with Gasteiger partial charge in [0.25, 0.3) is 0 Å². The maximum absolute atomic E-state index is 10.8. The number of rotatable bonds is 0. The van der Waals surface area contributed by atoms with E-state index < -0.39 is 0 Å². The lowest BCUT2D eigenvalue weighted by Crippen LogP contribution is -2.14. The molecule has 0 aromatic rings. The van der Waals surface area contributed by atoms with Gasteiger partial charge < -0.3 is 5.11 Å². The fourth-order valence-electron chi connectivity index (χ4n) is 0.930. The Hall–Kier alpha value is -0.790. The molecule has 0 heterocycles. The van der Waals surface area contributed by atoms with Crippen LogP contribution in [0, 0.1) is 5.92 Å². The van der Waals surface area contributed by atoms with Gasteiger partial charge >= 0.3 is 0 Å². The minimum atomic E-state index is 0.0231. The van der Waals surface area contributed by atoms with E-state index in [1.54, 1.807) is 6.08 Å². The predicted molar refractivity (Wildman–Crippen MR) is 34.1 cm³/mol. The zero-order valence-electron chi connectivity index (χ0n) is 5.42. The summed E-state index contributed by atoms with van der Waals surface area (Å²) in [6.07, 6.45) is 2.52. The quantitative estimate of drug-likeness (QED) is 0.533. The fraction of sp³-hybridized carbons (Fsp3) is 0.571. The second-order valence-electron chi connectivity index (χ2n) is 2.47. The molecule has 2 heteroatoms. The van der Waals surface area contributed by atoms with Gasteiger partial charge in [0, 0.05) is 18.8 Å². The predicted octanol–water partition coefficient (Wildman–Crippen LogP) is 1.43. The van der Waals surface area contributed by atoms with Crippen LogP contribution in [-0.2, 0) is 4.79 Å². The number of hydrogen-bond acceptors (Lipinski definition) is 2. The van der Waals surface area contributed by atoms with Crippen molar-refractivity contribution in [2.24, 2.45) is 5.92 Å². The monoisotopic (exact) mass is 126 g/mol. The van der Waals surface area contributed by atoms with Crippen molar-refractivity contribution in [1.82, 2.24) is 0 Å².